The summed E-state index contributed by atoms with van der Waals surface area (Å²) in [5.41, 5.74) is 7.50. The van der Waals surface area contributed by atoms with Gasteiger partial charge in [-0.1, -0.05) is 6.92 Å². The number of oxazole rings is 1. The van der Waals surface area contributed by atoms with Crippen molar-refractivity contribution in [1.82, 2.24) is 4.98 Å². The number of carbonyl (C=O) groups excluding carboxylic acids is 1. The van der Waals surface area contributed by atoms with E-state index in [4.69, 9.17) is 15.3 Å². The lowest BCUT2D eigenvalue weighted by Gasteiger charge is -2.10. The highest BCUT2D eigenvalue weighted by molar-refractivity contribution is 5.96. The number of anilines is 1. The standard InChI is InChI=1S/C14H17N3O4/c1-2-12-17-10-7-8(3-5-11(10)21-12)16-14(20)9(15)4-6-13(18)19/h3,5,7,9H,2,4,6,15H2,1H3,(H,16,20)(H,18,19). The number of carboxylic acid groups (broad SMARTS) is 1. The van der Waals surface area contributed by atoms with E-state index in [0.717, 1.165) is 0 Å². The molecule has 2 aromatic rings. The van der Waals surface area contributed by atoms with E-state index < -0.39 is 17.9 Å². The molecule has 1 unspecified atom stereocenters. The number of carbonyl (C=O) groups is 2. The van der Waals surface area contributed by atoms with E-state index in [1.54, 1.807) is 18.2 Å². The number of aliphatic carboxylic acids is 1. The molecule has 1 atom stereocenters. The summed E-state index contributed by atoms with van der Waals surface area (Å²) in [5, 5.41) is 11.2. The number of benzene rings is 1. The van der Waals surface area contributed by atoms with Gasteiger partial charge in [0, 0.05) is 18.5 Å². The maximum absolute atomic E-state index is 11.8. The first-order valence-electron chi connectivity index (χ1n) is 6.67. The molecule has 1 aromatic carbocycles. The largest absolute Gasteiger partial charge is 0.481 e. The van der Waals surface area contributed by atoms with Gasteiger partial charge < -0.3 is 20.6 Å². The number of hydrogen-bond donors (Lipinski definition) is 3. The third-order valence-corrected chi connectivity index (χ3v) is 3.01. The van der Waals surface area contributed by atoms with Gasteiger partial charge in [-0.15, -0.1) is 0 Å². The molecule has 7 heteroatoms. The molecule has 0 aliphatic rings. The summed E-state index contributed by atoms with van der Waals surface area (Å²) >= 11 is 0. The summed E-state index contributed by atoms with van der Waals surface area (Å²) in [5.74, 6) is -0.768. The molecule has 0 radical (unpaired) electrons. The zero-order valence-corrected chi connectivity index (χ0v) is 11.6. The Labute approximate surface area is 121 Å². The Balaban J connectivity index is 2.04. The predicted molar refractivity (Wildman–Crippen MR) is 76.9 cm³/mol. The first-order chi connectivity index (χ1) is 9.99. The van der Waals surface area contributed by atoms with Crippen LogP contribution in [0.4, 0.5) is 5.69 Å². The number of hydrogen-bond acceptors (Lipinski definition) is 5. The van der Waals surface area contributed by atoms with Crippen LogP contribution in [0.25, 0.3) is 11.1 Å². The number of rotatable bonds is 6. The van der Waals surface area contributed by atoms with Gasteiger partial charge in [0.15, 0.2) is 11.5 Å². The van der Waals surface area contributed by atoms with Crippen LogP contribution in [0.3, 0.4) is 0 Å². The second kappa shape index (κ2) is 6.36. The van der Waals surface area contributed by atoms with Crippen LogP contribution < -0.4 is 11.1 Å². The zero-order chi connectivity index (χ0) is 15.4. The van der Waals surface area contributed by atoms with E-state index >= 15 is 0 Å². The lowest BCUT2D eigenvalue weighted by Crippen LogP contribution is -2.36. The fraction of sp³-hybridized carbons (Fsp3) is 0.357. The third-order valence-electron chi connectivity index (χ3n) is 3.01. The second-order valence-corrected chi connectivity index (χ2v) is 4.67. The summed E-state index contributed by atoms with van der Waals surface area (Å²) in [4.78, 5) is 26.6. The average molecular weight is 291 g/mol. The Morgan fingerprint density at radius 1 is 1.48 bits per heavy atom. The van der Waals surface area contributed by atoms with Crippen LogP contribution in [0.5, 0.6) is 0 Å². The highest BCUT2D eigenvalue weighted by atomic mass is 16.4. The van der Waals surface area contributed by atoms with E-state index in [1.165, 1.54) is 0 Å². The molecule has 2 rings (SSSR count). The quantitative estimate of drug-likeness (QED) is 0.742. The van der Waals surface area contributed by atoms with Gasteiger partial charge in [-0.05, 0) is 24.6 Å². The normalized spacial score (nSPS) is 12.3. The monoisotopic (exact) mass is 291 g/mol. The van der Waals surface area contributed by atoms with Gasteiger partial charge in [-0.2, -0.15) is 0 Å². The van der Waals surface area contributed by atoms with Crippen LogP contribution in [0.2, 0.25) is 0 Å². The van der Waals surface area contributed by atoms with Crippen molar-refractivity contribution in [3.63, 3.8) is 0 Å². The number of nitrogens with zero attached hydrogens (tertiary/aromatic N) is 1. The molecule has 0 fully saturated rings. The number of aromatic nitrogens is 1. The van der Waals surface area contributed by atoms with E-state index in [2.05, 4.69) is 10.3 Å². The topological polar surface area (TPSA) is 118 Å². The number of fused-ring (bicyclic) bond motifs is 1. The van der Waals surface area contributed by atoms with Gasteiger partial charge in [-0.3, -0.25) is 9.59 Å². The Bertz CT molecular complexity index is 665. The number of amides is 1. The van der Waals surface area contributed by atoms with Crippen molar-refractivity contribution >= 4 is 28.7 Å². The highest BCUT2D eigenvalue weighted by Crippen LogP contribution is 2.20. The fourth-order valence-electron chi connectivity index (χ4n) is 1.85. The van der Waals surface area contributed by atoms with Gasteiger partial charge in [0.05, 0.1) is 6.04 Å². The van der Waals surface area contributed by atoms with Crippen LogP contribution in [0, 0.1) is 0 Å². The summed E-state index contributed by atoms with van der Waals surface area (Å²) in [6, 6.07) is 4.24. The zero-order valence-electron chi connectivity index (χ0n) is 11.6. The molecule has 7 nitrogen and oxygen atoms in total. The Hall–Kier alpha value is -2.41. The van der Waals surface area contributed by atoms with Gasteiger partial charge in [0.2, 0.25) is 5.91 Å². The molecule has 0 aliphatic carbocycles. The molecule has 1 amide bonds. The van der Waals surface area contributed by atoms with Crippen LogP contribution >= 0.6 is 0 Å². The third kappa shape index (κ3) is 3.79. The van der Waals surface area contributed by atoms with Crippen molar-refractivity contribution in [3.05, 3.63) is 24.1 Å². The molecule has 1 heterocycles. The molecule has 0 saturated heterocycles. The molecule has 0 aliphatic heterocycles. The van der Waals surface area contributed by atoms with Crippen molar-refractivity contribution in [2.24, 2.45) is 5.73 Å². The van der Waals surface area contributed by atoms with E-state index in [0.29, 0.717) is 29.1 Å². The van der Waals surface area contributed by atoms with Crippen LogP contribution in [0.1, 0.15) is 25.7 Å². The Morgan fingerprint density at radius 2 is 2.24 bits per heavy atom. The molecule has 0 saturated carbocycles. The van der Waals surface area contributed by atoms with Crippen molar-refractivity contribution < 1.29 is 19.1 Å². The maximum Gasteiger partial charge on any atom is 0.303 e. The maximum atomic E-state index is 11.8. The molecular weight excluding hydrogens is 274 g/mol. The summed E-state index contributed by atoms with van der Waals surface area (Å²) in [6.45, 7) is 1.94. The highest BCUT2D eigenvalue weighted by Gasteiger charge is 2.15. The van der Waals surface area contributed by atoms with Crippen LogP contribution in [0.15, 0.2) is 22.6 Å². The minimum absolute atomic E-state index is 0.0906. The SMILES string of the molecule is CCc1nc2cc(NC(=O)C(N)CCC(=O)O)ccc2o1. The molecule has 1 aromatic heterocycles. The van der Waals surface area contributed by atoms with E-state index in [1.807, 2.05) is 6.92 Å². The minimum atomic E-state index is -0.977. The Kier molecular flexibility index (Phi) is 4.54. The van der Waals surface area contributed by atoms with Crippen molar-refractivity contribution in [2.75, 3.05) is 5.32 Å². The number of carboxylic acids is 1. The smallest absolute Gasteiger partial charge is 0.303 e. The van der Waals surface area contributed by atoms with Gasteiger partial charge >= 0.3 is 5.97 Å². The van der Waals surface area contributed by atoms with Crippen molar-refractivity contribution in [2.45, 2.75) is 32.2 Å². The van der Waals surface area contributed by atoms with Crippen molar-refractivity contribution in [1.29, 1.82) is 0 Å². The summed E-state index contributed by atoms with van der Waals surface area (Å²) in [7, 11) is 0. The number of nitrogens with two attached hydrogens (primary N) is 1. The molecule has 21 heavy (non-hydrogen) atoms. The molecule has 0 spiro atoms. The van der Waals surface area contributed by atoms with Gasteiger partial charge in [0.1, 0.15) is 5.52 Å². The summed E-state index contributed by atoms with van der Waals surface area (Å²) in [6.07, 6.45) is 0.639. The number of aryl methyl sites for hydroxylation is 1. The predicted octanol–water partition coefficient (Wildman–Crippen LogP) is 1.52. The van der Waals surface area contributed by atoms with Crippen molar-refractivity contribution in [3.8, 4) is 0 Å². The molecule has 0 bridgehead atoms. The van der Waals surface area contributed by atoms with Crippen LogP contribution in [-0.2, 0) is 16.0 Å². The average Bonchev–Trinajstić information content (AvgIpc) is 2.86. The first kappa shape index (κ1) is 15.0. The first-order valence-corrected chi connectivity index (χ1v) is 6.67. The van der Waals surface area contributed by atoms with Crippen LogP contribution in [-0.4, -0.2) is 28.0 Å². The van der Waals surface area contributed by atoms with Gasteiger partial charge in [-0.25, -0.2) is 4.98 Å². The minimum Gasteiger partial charge on any atom is -0.481 e. The molecule has 4 N–H and O–H groups in total. The van der Waals surface area contributed by atoms with E-state index in [-0.39, 0.29) is 12.8 Å². The van der Waals surface area contributed by atoms with Gasteiger partial charge in [0.25, 0.3) is 0 Å². The lowest BCUT2D eigenvalue weighted by atomic mass is 10.1. The molecular formula is C14H17N3O4. The second-order valence-electron chi connectivity index (χ2n) is 4.67. The lowest BCUT2D eigenvalue weighted by molar-refractivity contribution is -0.137. The number of nitrogens with one attached hydrogen (secondary N) is 1. The summed E-state index contributed by atoms with van der Waals surface area (Å²) < 4.78 is 5.48. The molecule has 112 valence electrons. The van der Waals surface area contributed by atoms with E-state index in [9.17, 15) is 9.59 Å². The fourth-order valence-corrected chi connectivity index (χ4v) is 1.85. The Morgan fingerprint density at radius 3 is 2.90 bits per heavy atom.